The Labute approximate surface area is 220 Å². The van der Waals surface area contributed by atoms with Crippen molar-refractivity contribution >= 4 is 17.7 Å². The van der Waals surface area contributed by atoms with E-state index in [9.17, 15) is 14.7 Å². The zero-order valence-electron chi connectivity index (χ0n) is 21.7. The Morgan fingerprint density at radius 1 is 1.05 bits per heavy atom. The van der Waals surface area contributed by atoms with Gasteiger partial charge in [-0.05, 0) is 55.7 Å². The first-order valence-electron chi connectivity index (χ1n) is 12.1. The molecule has 0 bridgehead atoms. The third kappa shape index (κ3) is 6.36. The van der Waals surface area contributed by atoms with Crippen molar-refractivity contribution in [2.75, 3.05) is 12.4 Å². The molecule has 1 amide bonds. The van der Waals surface area contributed by atoms with Crippen LogP contribution in [0.5, 0.6) is 5.75 Å². The summed E-state index contributed by atoms with van der Waals surface area (Å²) in [6.45, 7) is 6.08. The van der Waals surface area contributed by atoms with Gasteiger partial charge < -0.3 is 24.9 Å². The number of amides is 1. The number of oxazole rings is 1. The van der Waals surface area contributed by atoms with Gasteiger partial charge >= 0.3 is 5.97 Å². The average Bonchev–Trinajstić information content (AvgIpc) is 3.36. The number of carbonyl (C=O) groups excluding carboxylic acids is 1. The van der Waals surface area contributed by atoms with Crippen LogP contribution in [0.25, 0.3) is 11.5 Å². The molecule has 4 rings (SSSR count). The van der Waals surface area contributed by atoms with Crippen LogP contribution in [0.1, 0.15) is 38.3 Å². The van der Waals surface area contributed by atoms with Crippen molar-refractivity contribution in [1.82, 2.24) is 15.3 Å². The molecule has 0 spiro atoms. The maximum absolute atomic E-state index is 12.9. The molecule has 38 heavy (non-hydrogen) atoms. The number of anilines is 1. The van der Waals surface area contributed by atoms with Gasteiger partial charge in [-0.1, -0.05) is 29.8 Å². The summed E-state index contributed by atoms with van der Waals surface area (Å²) in [6, 6.07) is 13.6. The van der Waals surface area contributed by atoms with E-state index in [1.54, 1.807) is 31.7 Å². The normalized spacial score (nSPS) is 11.6. The molecule has 3 N–H and O–H groups in total. The minimum Gasteiger partial charge on any atom is -0.497 e. The summed E-state index contributed by atoms with van der Waals surface area (Å²) in [4.78, 5) is 33.6. The Balaban J connectivity index is 1.39. The van der Waals surface area contributed by atoms with Gasteiger partial charge in [-0.3, -0.25) is 4.79 Å². The molecule has 0 radical (unpaired) electrons. The van der Waals surface area contributed by atoms with Crippen molar-refractivity contribution in [2.24, 2.45) is 0 Å². The number of rotatable bonds is 10. The molecule has 4 aromatic rings. The molecule has 2 aromatic carbocycles. The molecule has 9 heteroatoms. The van der Waals surface area contributed by atoms with E-state index in [0.717, 1.165) is 27.8 Å². The lowest BCUT2D eigenvalue weighted by Crippen LogP contribution is -2.42. The van der Waals surface area contributed by atoms with Gasteiger partial charge in [0.25, 0.3) is 5.91 Å². The number of carbonyl (C=O) groups is 2. The first kappa shape index (κ1) is 26.4. The maximum Gasteiger partial charge on any atom is 0.326 e. The maximum atomic E-state index is 12.9. The zero-order valence-corrected chi connectivity index (χ0v) is 21.7. The molecule has 0 aliphatic carbocycles. The number of carboxylic acids is 1. The lowest BCUT2D eigenvalue weighted by Gasteiger charge is -2.17. The van der Waals surface area contributed by atoms with E-state index in [4.69, 9.17) is 9.15 Å². The summed E-state index contributed by atoms with van der Waals surface area (Å²) in [6.07, 6.45) is 3.36. The first-order chi connectivity index (χ1) is 18.2. The van der Waals surface area contributed by atoms with Gasteiger partial charge in [0.05, 0.1) is 19.3 Å². The van der Waals surface area contributed by atoms with E-state index in [1.165, 1.54) is 0 Å². The molecule has 2 aromatic heterocycles. The van der Waals surface area contributed by atoms with Gasteiger partial charge in [-0.15, -0.1) is 0 Å². The topological polar surface area (TPSA) is 127 Å². The molecule has 196 valence electrons. The van der Waals surface area contributed by atoms with Crippen LogP contribution >= 0.6 is 0 Å². The molecule has 0 fully saturated rings. The van der Waals surface area contributed by atoms with Gasteiger partial charge in [0.1, 0.15) is 23.9 Å². The van der Waals surface area contributed by atoms with E-state index in [1.807, 2.05) is 57.2 Å². The fourth-order valence-corrected chi connectivity index (χ4v) is 4.32. The summed E-state index contributed by atoms with van der Waals surface area (Å²) in [5.41, 5.74) is 5.40. The highest BCUT2D eigenvalue weighted by Gasteiger charge is 2.23. The van der Waals surface area contributed by atoms with E-state index in [-0.39, 0.29) is 6.42 Å². The molecule has 0 saturated carbocycles. The Kier molecular flexibility index (Phi) is 8.06. The minimum absolute atomic E-state index is 0.138. The first-order valence-corrected chi connectivity index (χ1v) is 12.1. The van der Waals surface area contributed by atoms with Crippen LogP contribution in [0.3, 0.4) is 0 Å². The number of hydrogen-bond acceptors (Lipinski definition) is 7. The summed E-state index contributed by atoms with van der Waals surface area (Å²) in [5.74, 6) is 0.314. The summed E-state index contributed by atoms with van der Waals surface area (Å²) >= 11 is 0. The lowest BCUT2D eigenvalue weighted by atomic mass is 9.98. The van der Waals surface area contributed by atoms with E-state index in [2.05, 4.69) is 20.6 Å². The number of benzene rings is 2. The Morgan fingerprint density at radius 3 is 2.42 bits per heavy atom. The smallest absolute Gasteiger partial charge is 0.326 e. The van der Waals surface area contributed by atoms with Crippen LogP contribution in [-0.4, -0.2) is 40.1 Å². The number of hydrogen-bond donors (Lipinski definition) is 3. The standard InChI is InChI=1S/C29H30N4O5/c1-17-11-18(2)26(19(3)12-17)27(34)33-24(29(35)36)13-20-5-7-21(8-6-20)28-32-22(16-38-28)15-31-25-14-23(37-4)9-10-30-25/h5-12,14,16,24H,13,15H2,1-4H3,(H,30,31)(H,33,34)(H,35,36). The fourth-order valence-electron chi connectivity index (χ4n) is 4.32. The summed E-state index contributed by atoms with van der Waals surface area (Å²) < 4.78 is 10.8. The number of aromatic nitrogens is 2. The van der Waals surface area contributed by atoms with Crippen molar-refractivity contribution in [1.29, 1.82) is 0 Å². The van der Waals surface area contributed by atoms with Crippen LogP contribution in [0.15, 0.2) is 65.4 Å². The molecular weight excluding hydrogens is 484 g/mol. The fraction of sp³-hybridized carbons (Fsp3) is 0.241. The monoisotopic (exact) mass is 514 g/mol. The molecule has 9 nitrogen and oxygen atoms in total. The van der Waals surface area contributed by atoms with Gasteiger partial charge in [0.2, 0.25) is 5.89 Å². The van der Waals surface area contributed by atoms with E-state index < -0.39 is 17.9 Å². The lowest BCUT2D eigenvalue weighted by molar-refractivity contribution is -0.139. The largest absolute Gasteiger partial charge is 0.497 e. The Bertz CT molecular complexity index is 1420. The number of nitrogens with one attached hydrogen (secondary N) is 2. The number of methoxy groups -OCH3 is 1. The van der Waals surface area contributed by atoms with Crippen LogP contribution in [-0.2, 0) is 17.8 Å². The zero-order chi connectivity index (χ0) is 27.2. The number of ether oxygens (including phenoxy) is 1. The van der Waals surface area contributed by atoms with Crippen molar-refractivity contribution in [3.63, 3.8) is 0 Å². The number of nitrogens with zero attached hydrogens (tertiary/aromatic N) is 2. The number of aliphatic carboxylic acids is 1. The minimum atomic E-state index is -1.10. The average molecular weight is 515 g/mol. The van der Waals surface area contributed by atoms with Gasteiger partial charge in [0, 0.05) is 29.8 Å². The van der Waals surface area contributed by atoms with Crippen molar-refractivity contribution in [3.05, 3.63) is 94.5 Å². The Morgan fingerprint density at radius 2 is 1.76 bits per heavy atom. The van der Waals surface area contributed by atoms with Gasteiger partial charge in [-0.2, -0.15) is 0 Å². The van der Waals surface area contributed by atoms with Gasteiger partial charge in [-0.25, -0.2) is 14.8 Å². The highest BCUT2D eigenvalue weighted by atomic mass is 16.5. The third-order valence-electron chi connectivity index (χ3n) is 6.12. The molecule has 1 unspecified atom stereocenters. The van der Waals surface area contributed by atoms with Crippen molar-refractivity contribution < 1.29 is 23.8 Å². The van der Waals surface area contributed by atoms with Crippen LogP contribution < -0.4 is 15.4 Å². The number of pyridine rings is 1. The molecule has 0 saturated heterocycles. The second kappa shape index (κ2) is 11.6. The third-order valence-corrected chi connectivity index (χ3v) is 6.12. The van der Waals surface area contributed by atoms with Crippen LogP contribution in [0.4, 0.5) is 5.82 Å². The van der Waals surface area contributed by atoms with Crippen molar-refractivity contribution in [2.45, 2.75) is 39.8 Å². The summed E-state index contributed by atoms with van der Waals surface area (Å²) in [7, 11) is 1.60. The number of carboxylic acid groups (broad SMARTS) is 1. The molecule has 2 heterocycles. The predicted molar refractivity (Wildman–Crippen MR) is 143 cm³/mol. The Hall–Kier alpha value is -4.66. The summed E-state index contributed by atoms with van der Waals surface area (Å²) in [5, 5.41) is 15.6. The highest BCUT2D eigenvalue weighted by Crippen LogP contribution is 2.21. The van der Waals surface area contributed by atoms with E-state index in [0.29, 0.717) is 35.3 Å². The molecule has 0 aliphatic heterocycles. The highest BCUT2D eigenvalue weighted by molar-refractivity contribution is 5.99. The van der Waals surface area contributed by atoms with Crippen LogP contribution in [0, 0.1) is 20.8 Å². The molecular formula is C29H30N4O5. The molecule has 0 aliphatic rings. The SMILES string of the molecule is COc1ccnc(NCc2coc(-c3ccc(CC(NC(=O)c4c(C)cc(C)cc4C)C(=O)O)cc3)n2)c1. The van der Waals surface area contributed by atoms with Gasteiger partial charge in [0.15, 0.2) is 0 Å². The number of aryl methyl sites for hydroxylation is 3. The van der Waals surface area contributed by atoms with E-state index >= 15 is 0 Å². The van der Waals surface area contributed by atoms with Crippen LogP contribution in [0.2, 0.25) is 0 Å². The predicted octanol–water partition coefficient (Wildman–Crippen LogP) is 4.71. The molecule has 1 atom stereocenters. The quantitative estimate of drug-likeness (QED) is 0.278. The second-order valence-corrected chi connectivity index (χ2v) is 9.12. The second-order valence-electron chi connectivity index (χ2n) is 9.12. The van der Waals surface area contributed by atoms with Crippen molar-refractivity contribution in [3.8, 4) is 17.2 Å².